The van der Waals surface area contributed by atoms with Gasteiger partial charge in [0.1, 0.15) is 0 Å². The van der Waals surface area contributed by atoms with Gasteiger partial charge in [0, 0.05) is 17.2 Å². The highest BCUT2D eigenvalue weighted by Gasteiger charge is 2.19. The van der Waals surface area contributed by atoms with E-state index in [9.17, 15) is 0 Å². The Bertz CT molecular complexity index is 745. The number of hydrogen-bond acceptors (Lipinski definition) is 2. The van der Waals surface area contributed by atoms with E-state index in [1.165, 1.54) is 0 Å². The van der Waals surface area contributed by atoms with E-state index >= 15 is 0 Å². The normalized spacial score (nSPS) is 10.6. The maximum absolute atomic E-state index is 5.93. The van der Waals surface area contributed by atoms with E-state index in [4.69, 9.17) is 23.8 Å². The highest BCUT2D eigenvalue weighted by atomic mass is 35.5. The van der Waals surface area contributed by atoms with Crippen molar-refractivity contribution in [1.82, 2.24) is 5.10 Å². The van der Waals surface area contributed by atoms with Crippen LogP contribution in [-0.2, 0) is 0 Å². The van der Waals surface area contributed by atoms with Gasteiger partial charge in [-0.05, 0) is 47.8 Å². The molecule has 1 N–H and O–H groups in total. The lowest BCUT2D eigenvalue weighted by Crippen LogP contribution is -2.34. The van der Waals surface area contributed by atoms with E-state index in [0.29, 0.717) is 0 Å². The summed E-state index contributed by atoms with van der Waals surface area (Å²) in [6, 6.07) is 17.8. The van der Waals surface area contributed by atoms with Gasteiger partial charge < -0.3 is 0 Å². The molecule has 19 heavy (non-hydrogen) atoms. The SMILES string of the molecule is S=c1[nH][n+](-c2ccccc2)c(-c2ccc(Cl)cc2)s1. The summed E-state index contributed by atoms with van der Waals surface area (Å²) in [5, 5.41) is 4.98. The number of aromatic amines is 1. The van der Waals surface area contributed by atoms with Crippen LogP contribution in [0.3, 0.4) is 0 Å². The second kappa shape index (κ2) is 5.25. The monoisotopic (exact) mass is 305 g/mol. The van der Waals surface area contributed by atoms with Gasteiger partial charge in [-0.2, -0.15) is 0 Å². The number of rotatable bonds is 2. The Kier molecular flexibility index (Phi) is 3.46. The molecule has 0 spiro atoms. The van der Waals surface area contributed by atoms with E-state index in [1.54, 1.807) is 11.3 Å². The summed E-state index contributed by atoms with van der Waals surface area (Å²) < 4.78 is 2.74. The summed E-state index contributed by atoms with van der Waals surface area (Å²) in [6.07, 6.45) is 0. The van der Waals surface area contributed by atoms with Crippen molar-refractivity contribution in [2.24, 2.45) is 0 Å². The first-order valence-corrected chi connectivity index (χ1v) is 7.31. The van der Waals surface area contributed by atoms with Gasteiger partial charge in [-0.3, -0.25) is 0 Å². The highest BCUT2D eigenvalue weighted by Crippen LogP contribution is 2.23. The summed E-state index contributed by atoms with van der Waals surface area (Å²) in [4.78, 5) is 0. The van der Waals surface area contributed by atoms with Crippen molar-refractivity contribution >= 4 is 35.2 Å². The Hall–Kier alpha value is -1.49. The lowest BCUT2D eigenvalue weighted by molar-refractivity contribution is -0.643. The molecule has 3 rings (SSSR count). The minimum atomic E-state index is 0.731. The summed E-state index contributed by atoms with van der Waals surface area (Å²) in [5.41, 5.74) is 2.14. The topological polar surface area (TPSA) is 19.7 Å². The molecule has 0 aliphatic carbocycles. The molecule has 0 fully saturated rings. The second-order valence-corrected chi connectivity index (χ2v) is 6.09. The molecule has 1 heterocycles. The first-order chi connectivity index (χ1) is 9.24. The van der Waals surface area contributed by atoms with E-state index < -0.39 is 0 Å². The van der Waals surface area contributed by atoms with Crippen LogP contribution in [0, 0.1) is 3.95 Å². The number of nitrogens with one attached hydrogen (secondary N) is 1. The fraction of sp³-hybridized carbons (Fsp3) is 0. The Morgan fingerprint density at radius 1 is 1.00 bits per heavy atom. The number of benzene rings is 2. The van der Waals surface area contributed by atoms with Crippen LogP contribution in [-0.4, -0.2) is 5.10 Å². The average Bonchev–Trinajstić information content (AvgIpc) is 2.83. The molecule has 0 saturated heterocycles. The maximum Gasteiger partial charge on any atom is 0.301 e. The summed E-state index contributed by atoms with van der Waals surface area (Å²) in [5.74, 6) is 0. The molecule has 0 saturated carbocycles. The Balaban J connectivity index is 2.17. The van der Waals surface area contributed by atoms with Gasteiger partial charge in [0.05, 0.1) is 5.56 Å². The third kappa shape index (κ3) is 2.61. The minimum absolute atomic E-state index is 0.731. The van der Waals surface area contributed by atoms with Crippen molar-refractivity contribution in [3.05, 3.63) is 63.6 Å². The van der Waals surface area contributed by atoms with E-state index in [-0.39, 0.29) is 0 Å². The predicted octanol–water partition coefficient (Wildman–Crippen LogP) is 4.40. The van der Waals surface area contributed by atoms with Crippen LogP contribution in [0.4, 0.5) is 0 Å². The van der Waals surface area contributed by atoms with E-state index in [0.717, 1.165) is 25.2 Å². The maximum atomic E-state index is 5.93. The lowest BCUT2D eigenvalue weighted by atomic mass is 10.2. The number of halogens is 1. The lowest BCUT2D eigenvalue weighted by Gasteiger charge is -1.96. The molecule has 2 aromatic carbocycles. The van der Waals surface area contributed by atoms with Crippen LogP contribution in [0.2, 0.25) is 5.02 Å². The van der Waals surface area contributed by atoms with Gasteiger partial charge in [-0.15, -0.1) is 5.10 Å². The second-order valence-electron chi connectivity index (χ2n) is 3.98. The molecule has 0 amide bonds. The quantitative estimate of drug-likeness (QED) is 0.549. The van der Waals surface area contributed by atoms with Crippen LogP contribution in [0.5, 0.6) is 0 Å². The van der Waals surface area contributed by atoms with E-state index in [2.05, 4.69) is 5.10 Å². The molecule has 0 unspecified atom stereocenters. The third-order valence-electron chi connectivity index (χ3n) is 2.70. The summed E-state index contributed by atoms with van der Waals surface area (Å²) in [7, 11) is 0. The Morgan fingerprint density at radius 3 is 2.37 bits per heavy atom. The third-order valence-corrected chi connectivity index (χ3v) is 4.18. The zero-order chi connectivity index (χ0) is 13.2. The predicted molar refractivity (Wildman–Crippen MR) is 81.5 cm³/mol. The molecule has 0 atom stereocenters. The molecular formula is C14H10ClN2S2+. The van der Waals surface area contributed by atoms with Gasteiger partial charge in [0.2, 0.25) is 9.64 Å². The smallest absolute Gasteiger partial charge is 0.137 e. The fourth-order valence-electron chi connectivity index (χ4n) is 1.84. The van der Waals surface area contributed by atoms with Gasteiger partial charge in [0.25, 0.3) is 0 Å². The van der Waals surface area contributed by atoms with Crippen LogP contribution in [0.25, 0.3) is 16.3 Å². The number of H-pyrrole nitrogens is 1. The first-order valence-electron chi connectivity index (χ1n) is 5.70. The van der Waals surface area contributed by atoms with Crippen LogP contribution >= 0.6 is 35.2 Å². The van der Waals surface area contributed by atoms with Crippen molar-refractivity contribution in [3.63, 3.8) is 0 Å². The molecule has 2 nitrogen and oxygen atoms in total. The largest absolute Gasteiger partial charge is 0.301 e. The molecule has 0 aliphatic rings. The zero-order valence-electron chi connectivity index (χ0n) is 9.84. The Morgan fingerprint density at radius 2 is 1.68 bits per heavy atom. The van der Waals surface area contributed by atoms with Gasteiger partial charge in [-0.25, -0.2) is 0 Å². The van der Waals surface area contributed by atoms with Gasteiger partial charge in [0.15, 0.2) is 0 Å². The molecule has 1 aromatic heterocycles. The van der Waals surface area contributed by atoms with Crippen molar-refractivity contribution in [3.8, 4) is 16.3 Å². The molecule has 0 aliphatic heterocycles. The molecule has 94 valence electrons. The van der Waals surface area contributed by atoms with Gasteiger partial charge in [-0.1, -0.05) is 34.5 Å². The van der Waals surface area contributed by atoms with Gasteiger partial charge >= 0.3 is 5.01 Å². The minimum Gasteiger partial charge on any atom is -0.137 e. The van der Waals surface area contributed by atoms with E-state index in [1.807, 2.05) is 59.3 Å². The van der Waals surface area contributed by atoms with Crippen molar-refractivity contribution in [2.75, 3.05) is 0 Å². The number of hydrogen-bond donors (Lipinski definition) is 1. The van der Waals surface area contributed by atoms with Crippen LogP contribution < -0.4 is 4.68 Å². The molecule has 3 aromatic rings. The highest BCUT2D eigenvalue weighted by molar-refractivity contribution is 7.73. The first kappa shape index (κ1) is 12.5. The number of nitrogens with zero attached hydrogens (tertiary/aromatic N) is 1. The average molecular weight is 306 g/mol. The van der Waals surface area contributed by atoms with Crippen molar-refractivity contribution < 1.29 is 4.68 Å². The van der Waals surface area contributed by atoms with Crippen molar-refractivity contribution in [2.45, 2.75) is 0 Å². The summed E-state index contributed by atoms with van der Waals surface area (Å²) >= 11 is 12.7. The molecule has 0 radical (unpaired) electrons. The summed E-state index contributed by atoms with van der Waals surface area (Å²) in [6.45, 7) is 0. The fourth-order valence-corrected chi connectivity index (χ4v) is 3.10. The van der Waals surface area contributed by atoms with Crippen molar-refractivity contribution in [1.29, 1.82) is 0 Å². The molecular weight excluding hydrogens is 296 g/mol. The van der Waals surface area contributed by atoms with Crippen LogP contribution in [0.1, 0.15) is 0 Å². The Labute approximate surface area is 124 Å². The molecule has 5 heteroatoms. The molecule has 0 bridgehead atoms. The number of para-hydroxylation sites is 1. The number of aromatic nitrogens is 2. The van der Waals surface area contributed by atoms with Crippen LogP contribution in [0.15, 0.2) is 54.6 Å². The zero-order valence-corrected chi connectivity index (χ0v) is 12.2. The standard InChI is InChI=1S/C14H9ClN2S2/c15-11-8-6-10(7-9-11)13-17(16-14(18)19-13)12-4-2-1-3-5-12/h1-9H/p+1.